The molecular weight excluding hydrogens is 238 g/mol. The third kappa shape index (κ3) is 4.51. The fourth-order valence-electron chi connectivity index (χ4n) is 2.79. The van der Waals surface area contributed by atoms with Crippen LogP contribution in [0.15, 0.2) is 24.3 Å². The molecule has 0 radical (unpaired) electrons. The monoisotopic (exact) mass is 263 g/mol. The van der Waals surface area contributed by atoms with Gasteiger partial charge in [0.15, 0.2) is 0 Å². The van der Waals surface area contributed by atoms with Gasteiger partial charge in [0, 0.05) is 19.1 Å². The van der Waals surface area contributed by atoms with Crippen LogP contribution in [-0.4, -0.2) is 42.4 Å². The van der Waals surface area contributed by atoms with E-state index < -0.39 is 0 Å². The van der Waals surface area contributed by atoms with Gasteiger partial charge in [0.1, 0.15) is 12.4 Å². The average molecular weight is 263 g/mol. The molecule has 1 saturated carbocycles. The Balaban J connectivity index is 1.76. The number of benzene rings is 1. The van der Waals surface area contributed by atoms with Gasteiger partial charge in [-0.1, -0.05) is 30.5 Å². The Labute approximate surface area is 116 Å². The first-order chi connectivity index (χ1) is 9.29. The Hall–Kier alpha value is -1.06. The molecule has 0 unspecified atom stereocenters. The summed E-state index contributed by atoms with van der Waals surface area (Å²) in [6.07, 6.45) is 5.19. The van der Waals surface area contributed by atoms with E-state index in [4.69, 9.17) is 9.84 Å². The molecule has 3 heteroatoms. The Morgan fingerprint density at radius 3 is 2.47 bits per heavy atom. The summed E-state index contributed by atoms with van der Waals surface area (Å²) >= 11 is 0. The lowest BCUT2D eigenvalue weighted by Gasteiger charge is -2.27. The molecule has 0 bridgehead atoms. The molecule has 106 valence electrons. The molecule has 2 rings (SSSR count). The van der Waals surface area contributed by atoms with Gasteiger partial charge in [0.2, 0.25) is 0 Å². The van der Waals surface area contributed by atoms with E-state index >= 15 is 0 Å². The summed E-state index contributed by atoms with van der Waals surface area (Å²) in [6, 6.07) is 8.81. The first kappa shape index (κ1) is 14.4. The third-order valence-electron chi connectivity index (χ3n) is 3.90. The summed E-state index contributed by atoms with van der Waals surface area (Å²) in [7, 11) is 0. The number of hydrogen-bond donors (Lipinski definition) is 1. The Morgan fingerprint density at radius 2 is 1.84 bits per heavy atom. The van der Waals surface area contributed by atoms with E-state index in [1.165, 1.54) is 31.2 Å². The van der Waals surface area contributed by atoms with Crippen LogP contribution in [0, 0.1) is 6.92 Å². The molecule has 3 nitrogen and oxygen atoms in total. The molecule has 1 aliphatic carbocycles. The van der Waals surface area contributed by atoms with E-state index in [1.54, 1.807) is 0 Å². The molecule has 0 heterocycles. The summed E-state index contributed by atoms with van der Waals surface area (Å²) in [4.78, 5) is 2.38. The van der Waals surface area contributed by atoms with Gasteiger partial charge >= 0.3 is 0 Å². The van der Waals surface area contributed by atoms with Crippen LogP contribution in [0.5, 0.6) is 5.75 Å². The van der Waals surface area contributed by atoms with Crippen LogP contribution in [-0.2, 0) is 0 Å². The van der Waals surface area contributed by atoms with Gasteiger partial charge in [-0.15, -0.1) is 0 Å². The van der Waals surface area contributed by atoms with Crippen molar-refractivity contribution in [3.63, 3.8) is 0 Å². The highest BCUT2D eigenvalue weighted by Crippen LogP contribution is 2.23. The lowest BCUT2D eigenvalue weighted by Crippen LogP contribution is -2.38. The summed E-state index contributed by atoms with van der Waals surface area (Å²) in [6.45, 7) is 4.68. The van der Waals surface area contributed by atoms with Gasteiger partial charge in [-0.05, 0) is 31.9 Å². The van der Waals surface area contributed by atoms with Crippen molar-refractivity contribution in [3.8, 4) is 5.75 Å². The van der Waals surface area contributed by atoms with Gasteiger partial charge < -0.3 is 9.84 Å². The summed E-state index contributed by atoms with van der Waals surface area (Å²) in [5.41, 5.74) is 1.25. The third-order valence-corrected chi connectivity index (χ3v) is 3.90. The SMILES string of the molecule is Cc1ccc(OCCN(CCO)C2CCCC2)cc1. The second-order valence-electron chi connectivity index (χ2n) is 5.36. The lowest BCUT2D eigenvalue weighted by atomic mass is 10.2. The molecule has 0 atom stereocenters. The lowest BCUT2D eigenvalue weighted by molar-refractivity contribution is 0.129. The summed E-state index contributed by atoms with van der Waals surface area (Å²) in [5.74, 6) is 0.931. The van der Waals surface area contributed by atoms with Crippen molar-refractivity contribution in [2.45, 2.75) is 38.6 Å². The van der Waals surface area contributed by atoms with Gasteiger partial charge in [-0.2, -0.15) is 0 Å². The number of ether oxygens (including phenoxy) is 1. The van der Waals surface area contributed by atoms with Crippen LogP contribution in [0.1, 0.15) is 31.2 Å². The van der Waals surface area contributed by atoms with E-state index in [0.717, 1.165) is 18.8 Å². The molecule has 1 N–H and O–H groups in total. The standard InChI is InChI=1S/C16H25NO2/c1-14-6-8-16(9-7-14)19-13-11-17(10-12-18)15-4-2-3-5-15/h6-9,15,18H,2-5,10-13H2,1H3. The number of aryl methyl sites for hydroxylation is 1. The maximum absolute atomic E-state index is 9.16. The largest absolute Gasteiger partial charge is 0.492 e. The highest BCUT2D eigenvalue weighted by molar-refractivity contribution is 5.26. The zero-order chi connectivity index (χ0) is 13.5. The zero-order valence-electron chi connectivity index (χ0n) is 11.8. The number of aliphatic hydroxyl groups excluding tert-OH is 1. The van der Waals surface area contributed by atoms with Crippen LogP contribution < -0.4 is 4.74 Å². The fraction of sp³-hybridized carbons (Fsp3) is 0.625. The second kappa shape index (κ2) is 7.51. The highest BCUT2D eigenvalue weighted by Gasteiger charge is 2.21. The zero-order valence-corrected chi connectivity index (χ0v) is 11.8. The molecule has 0 aromatic heterocycles. The molecule has 0 amide bonds. The first-order valence-corrected chi connectivity index (χ1v) is 7.34. The number of nitrogens with zero attached hydrogens (tertiary/aromatic N) is 1. The van der Waals surface area contributed by atoms with E-state index in [9.17, 15) is 0 Å². The van der Waals surface area contributed by atoms with E-state index in [-0.39, 0.29) is 6.61 Å². The molecule has 19 heavy (non-hydrogen) atoms. The van der Waals surface area contributed by atoms with Crippen molar-refractivity contribution in [1.82, 2.24) is 4.90 Å². The fourth-order valence-corrected chi connectivity index (χ4v) is 2.79. The smallest absolute Gasteiger partial charge is 0.119 e. The van der Waals surface area contributed by atoms with Gasteiger partial charge in [-0.3, -0.25) is 4.90 Å². The molecule has 1 fully saturated rings. The van der Waals surface area contributed by atoms with E-state index in [0.29, 0.717) is 12.6 Å². The molecule has 0 saturated heterocycles. The van der Waals surface area contributed by atoms with Crippen molar-refractivity contribution in [2.24, 2.45) is 0 Å². The topological polar surface area (TPSA) is 32.7 Å². The molecule has 1 aromatic carbocycles. The molecular formula is C16H25NO2. The average Bonchev–Trinajstić information content (AvgIpc) is 2.94. The molecule has 0 aliphatic heterocycles. The number of hydrogen-bond acceptors (Lipinski definition) is 3. The van der Waals surface area contributed by atoms with E-state index in [2.05, 4.69) is 24.0 Å². The van der Waals surface area contributed by atoms with Crippen LogP contribution in [0.25, 0.3) is 0 Å². The quantitative estimate of drug-likeness (QED) is 0.821. The van der Waals surface area contributed by atoms with Gasteiger partial charge in [0.25, 0.3) is 0 Å². The Kier molecular flexibility index (Phi) is 5.67. The van der Waals surface area contributed by atoms with Crippen LogP contribution >= 0.6 is 0 Å². The Morgan fingerprint density at radius 1 is 1.16 bits per heavy atom. The van der Waals surface area contributed by atoms with Crippen molar-refractivity contribution < 1.29 is 9.84 Å². The number of rotatable bonds is 7. The van der Waals surface area contributed by atoms with Crippen molar-refractivity contribution in [3.05, 3.63) is 29.8 Å². The maximum Gasteiger partial charge on any atom is 0.119 e. The number of aliphatic hydroxyl groups is 1. The minimum absolute atomic E-state index is 0.237. The second-order valence-corrected chi connectivity index (χ2v) is 5.36. The van der Waals surface area contributed by atoms with Crippen molar-refractivity contribution in [2.75, 3.05) is 26.3 Å². The van der Waals surface area contributed by atoms with Crippen molar-refractivity contribution in [1.29, 1.82) is 0 Å². The summed E-state index contributed by atoms with van der Waals surface area (Å²) in [5, 5.41) is 9.16. The summed E-state index contributed by atoms with van der Waals surface area (Å²) < 4.78 is 5.77. The maximum atomic E-state index is 9.16. The molecule has 1 aliphatic rings. The van der Waals surface area contributed by atoms with Crippen molar-refractivity contribution >= 4 is 0 Å². The Bertz CT molecular complexity index is 358. The minimum atomic E-state index is 0.237. The highest BCUT2D eigenvalue weighted by atomic mass is 16.5. The van der Waals surface area contributed by atoms with Gasteiger partial charge in [0.05, 0.1) is 6.61 Å². The van der Waals surface area contributed by atoms with Crippen LogP contribution in [0.3, 0.4) is 0 Å². The normalized spacial score (nSPS) is 16.2. The van der Waals surface area contributed by atoms with Crippen LogP contribution in [0.2, 0.25) is 0 Å². The van der Waals surface area contributed by atoms with E-state index in [1.807, 2.05) is 12.1 Å². The molecule has 1 aromatic rings. The predicted octanol–water partition coefficient (Wildman–Crippen LogP) is 2.61. The first-order valence-electron chi connectivity index (χ1n) is 7.34. The predicted molar refractivity (Wildman–Crippen MR) is 77.6 cm³/mol. The molecule has 0 spiro atoms. The van der Waals surface area contributed by atoms with Gasteiger partial charge in [-0.25, -0.2) is 0 Å². The minimum Gasteiger partial charge on any atom is -0.492 e. The van der Waals surface area contributed by atoms with Crippen LogP contribution in [0.4, 0.5) is 0 Å².